The Morgan fingerprint density at radius 1 is 0.522 bits per heavy atom. The topological polar surface area (TPSA) is 3.24 Å². The fourth-order valence-corrected chi connectivity index (χ4v) is 0.892. The number of nitrogens with zero attached hydrogens (tertiary/aromatic N) is 1. The van der Waals surface area contributed by atoms with Crippen LogP contribution in [0, 0.1) is 0 Å². The van der Waals surface area contributed by atoms with Crippen LogP contribution >= 0.6 is 0 Å². The molecular formula is C7F15N. The van der Waals surface area contributed by atoms with Crippen LogP contribution < -0.4 is 0 Å². The highest BCUT2D eigenvalue weighted by Crippen LogP contribution is 2.51. The van der Waals surface area contributed by atoms with Crippen molar-refractivity contribution >= 4 is 0 Å². The van der Waals surface area contributed by atoms with Gasteiger partial charge in [0.1, 0.15) is 0 Å². The molecule has 0 aliphatic heterocycles. The van der Waals surface area contributed by atoms with Crippen molar-refractivity contribution in [3.05, 3.63) is 11.8 Å². The van der Waals surface area contributed by atoms with Gasteiger partial charge in [0.05, 0.1) is 0 Å². The van der Waals surface area contributed by atoms with Crippen molar-refractivity contribution < 1.29 is 65.9 Å². The minimum Gasteiger partial charge on any atom is -0.210 e. The smallest absolute Gasteiger partial charge is 0.210 e. The van der Waals surface area contributed by atoms with Crippen molar-refractivity contribution in [2.75, 3.05) is 0 Å². The third-order valence-corrected chi connectivity index (χ3v) is 1.87. The van der Waals surface area contributed by atoms with E-state index in [1.807, 2.05) is 0 Å². The van der Waals surface area contributed by atoms with Crippen molar-refractivity contribution in [3.8, 4) is 0 Å². The summed E-state index contributed by atoms with van der Waals surface area (Å²) in [5.41, 5.74) is 0. The van der Waals surface area contributed by atoms with Crippen LogP contribution in [0.5, 0.6) is 0 Å². The SMILES string of the molecule is F/C(=C(\F)C(F)(F)F)N(C(F)(F)C(F)(F)F)C(F)(F)C(F)(F)F. The van der Waals surface area contributed by atoms with Gasteiger partial charge in [0.2, 0.25) is 5.95 Å². The van der Waals surface area contributed by atoms with Crippen molar-refractivity contribution in [2.24, 2.45) is 0 Å². The first-order valence-electron chi connectivity index (χ1n) is 4.51. The van der Waals surface area contributed by atoms with E-state index in [2.05, 4.69) is 0 Å². The Labute approximate surface area is 114 Å². The molecule has 0 saturated heterocycles. The molecule has 0 N–H and O–H groups in total. The van der Waals surface area contributed by atoms with Gasteiger partial charge < -0.3 is 0 Å². The van der Waals surface area contributed by atoms with Crippen molar-refractivity contribution in [3.63, 3.8) is 0 Å². The number of rotatable bonds is 3. The highest BCUT2D eigenvalue weighted by atomic mass is 19.4. The number of hydrogen-bond acceptors (Lipinski definition) is 1. The minimum absolute atomic E-state index is 3.97. The van der Waals surface area contributed by atoms with Gasteiger partial charge in [-0.15, -0.1) is 0 Å². The molecular weight excluding hydrogens is 383 g/mol. The fourth-order valence-electron chi connectivity index (χ4n) is 0.892. The normalized spacial score (nSPS) is 16.3. The van der Waals surface area contributed by atoms with Gasteiger partial charge in [-0.2, -0.15) is 65.9 Å². The Morgan fingerprint density at radius 2 is 0.783 bits per heavy atom. The lowest BCUT2D eigenvalue weighted by molar-refractivity contribution is -0.427. The molecule has 0 aromatic carbocycles. The molecule has 0 fully saturated rings. The van der Waals surface area contributed by atoms with E-state index in [4.69, 9.17) is 0 Å². The second-order valence-electron chi connectivity index (χ2n) is 3.52. The average Bonchev–Trinajstić information content (AvgIpc) is 2.22. The summed E-state index contributed by atoms with van der Waals surface area (Å²) in [5, 5.41) is 0. The van der Waals surface area contributed by atoms with Crippen LogP contribution in [0.4, 0.5) is 65.9 Å². The third-order valence-electron chi connectivity index (χ3n) is 1.87. The molecule has 1 nitrogen and oxygen atoms in total. The number of allylic oxidation sites excluding steroid dienone is 1. The van der Waals surface area contributed by atoms with Gasteiger partial charge >= 0.3 is 30.6 Å². The first-order valence-corrected chi connectivity index (χ1v) is 4.51. The van der Waals surface area contributed by atoms with E-state index in [0.717, 1.165) is 0 Å². The highest BCUT2D eigenvalue weighted by Gasteiger charge is 2.76. The second-order valence-corrected chi connectivity index (χ2v) is 3.52. The quantitative estimate of drug-likeness (QED) is 0.474. The molecule has 0 saturated carbocycles. The molecule has 0 aromatic rings. The third kappa shape index (κ3) is 3.88. The zero-order valence-corrected chi connectivity index (χ0v) is 9.62. The van der Waals surface area contributed by atoms with Gasteiger partial charge in [0.25, 0.3) is 5.83 Å². The van der Waals surface area contributed by atoms with Crippen LogP contribution in [0.1, 0.15) is 0 Å². The molecule has 0 unspecified atom stereocenters. The summed E-state index contributed by atoms with van der Waals surface area (Å²) in [6.45, 7) is 0. The zero-order valence-electron chi connectivity index (χ0n) is 9.62. The maximum Gasteiger partial charge on any atom is 0.475 e. The van der Waals surface area contributed by atoms with Gasteiger partial charge in [-0.05, 0) is 0 Å². The first kappa shape index (κ1) is 21.5. The molecule has 138 valence electrons. The summed E-state index contributed by atoms with van der Waals surface area (Å²) < 4.78 is 182. The minimum atomic E-state index is -7.54. The van der Waals surface area contributed by atoms with E-state index >= 15 is 0 Å². The number of halogens is 15. The molecule has 0 aliphatic carbocycles. The van der Waals surface area contributed by atoms with E-state index in [9.17, 15) is 65.9 Å². The summed E-state index contributed by atoms with van der Waals surface area (Å²) >= 11 is 0. The van der Waals surface area contributed by atoms with Gasteiger partial charge in [0, 0.05) is 0 Å². The summed E-state index contributed by atoms with van der Waals surface area (Å²) in [4.78, 5) is -3.97. The first-order chi connectivity index (χ1) is 9.69. The maximum atomic E-state index is 12.8. The van der Waals surface area contributed by atoms with E-state index < -0.39 is 47.3 Å². The van der Waals surface area contributed by atoms with E-state index in [0.29, 0.717) is 0 Å². The summed E-state index contributed by atoms with van der Waals surface area (Å²) in [7, 11) is 0. The lowest BCUT2D eigenvalue weighted by Crippen LogP contribution is -2.63. The van der Waals surface area contributed by atoms with E-state index in [1.165, 1.54) is 0 Å². The zero-order chi connectivity index (χ0) is 19.2. The average molecular weight is 383 g/mol. The molecule has 0 bridgehead atoms. The monoisotopic (exact) mass is 383 g/mol. The Morgan fingerprint density at radius 3 is 0.957 bits per heavy atom. The Bertz CT molecular complexity index is 436. The van der Waals surface area contributed by atoms with Gasteiger partial charge in [-0.1, -0.05) is 0 Å². The number of hydrogen-bond donors (Lipinski definition) is 0. The molecule has 0 radical (unpaired) electrons. The molecule has 16 heteroatoms. The molecule has 0 amide bonds. The predicted octanol–water partition coefficient (Wildman–Crippen LogP) is 5.27. The molecule has 0 spiro atoms. The Balaban J connectivity index is 6.62. The van der Waals surface area contributed by atoms with Gasteiger partial charge in [-0.3, -0.25) is 0 Å². The lowest BCUT2D eigenvalue weighted by atomic mass is 10.3. The van der Waals surface area contributed by atoms with Crippen LogP contribution in [-0.4, -0.2) is 35.5 Å². The summed E-state index contributed by atoms with van der Waals surface area (Å²) in [5.74, 6) is -9.45. The van der Waals surface area contributed by atoms with Crippen LogP contribution in [0.2, 0.25) is 0 Å². The molecule has 0 aliphatic rings. The largest absolute Gasteiger partial charge is 0.475 e. The summed E-state index contributed by atoms with van der Waals surface area (Å²) in [6.07, 6.45) is -21.6. The summed E-state index contributed by atoms with van der Waals surface area (Å²) in [6, 6.07) is -15.1. The van der Waals surface area contributed by atoms with Crippen LogP contribution in [0.3, 0.4) is 0 Å². The van der Waals surface area contributed by atoms with E-state index in [1.54, 1.807) is 0 Å². The van der Waals surface area contributed by atoms with Gasteiger partial charge in [-0.25, -0.2) is 4.90 Å². The van der Waals surface area contributed by atoms with Crippen molar-refractivity contribution in [1.29, 1.82) is 0 Å². The highest BCUT2D eigenvalue weighted by molar-refractivity contribution is 5.10. The van der Waals surface area contributed by atoms with Crippen LogP contribution in [0.25, 0.3) is 0 Å². The predicted molar refractivity (Wildman–Crippen MR) is 39.1 cm³/mol. The molecule has 23 heavy (non-hydrogen) atoms. The molecule has 0 aromatic heterocycles. The van der Waals surface area contributed by atoms with Crippen molar-refractivity contribution in [2.45, 2.75) is 30.6 Å². The van der Waals surface area contributed by atoms with Crippen molar-refractivity contribution in [1.82, 2.24) is 4.90 Å². The Hall–Kier alpha value is -1.51. The van der Waals surface area contributed by atoms with Crippen LogP contribution in [0.15, 0.2) is 11.8 Å². The molecule has 0 rings (SSSR count). The maximum absolute atomic E-state index is 12.8. The van der Waals surface area contributed by atoms with Crippen LogP contribution in [-0.2, 0) is 0 Å². The second kappa shape index (κ2) is 5.54. The molecule has 0 atom stereocenters. The standard InChI is InChI=1S/C7F15N/c8-1(3(10,11)12)2(9)23(6(19,20)4(13,14)15)7(21,22)5(16,17)18/b2-1+. The number of alkyl halides is 13. The molecule has 0 heterocycles. The fraction of sp³-hybridized carbons (Fsp3) is 0.714. The Kier molecular flexibility index (Phi) is 5.17. The van der Waals surface area contributed by atoms with E-state index in [-0.39, 0.29) is 0 Å². The lowest BCUT2D eigenvalue weighted by Gasteiger charge is -2.38. The van der Waals surface area contributed by atoms with Gasteiger partial charge in [0.15, 0.2) is 0 Å².